The predicted molar refractivity (Wildman–Crippen MR) is 79.9 cm³/mol. The third-order valence-electron chi connectivity index (χ3n) is 3.54. The molecule has 5 heteroatoms. The Morgan fingerprint density at radius 3 is 2.95 bits per heavy atom. The number of carboxylic acids is 1. The van der Waals surface area contributed by atoms with Crippen LogP contribution in [0.2, 0.25) is 0 Å². The van der Waals surface area contributed by atoms with Crippen molar-refractivity contribution in [3.63, 3.8) is 0 Å². The Hall–Kier alpha value is -1.49. The highest BCUT2D eigenvalue weighted by atomic mass is 32.2. The summed E-state index contributed by atoms with van der Waals surface area (Å²) < 4.78 is 0. The Morgan fingerprint density at radius 1 is 1.45 bits per heavy atom. The Bertz CT molecular complexity index is 504. The molecule has 1 fully saturated rings. The zero-order chi connectivity index (χ0) is 14.5. The minimum absolute atomic E-state index is 0.0566. The molecule has 0 saturated carbocycles. The van der Waals surface area contributed by atoms with E-state index in [9.17, 15) is 9.59 Å². The number of aliphatic carboxylic acids is 1. The second-order valence-corrected chi connectivity index (χ2v) is 5.93. The van der Waals surface area contributed by atoms with Gasteiger partial charge in [-0.2, -0.15) is 11.8 Å². The van der Waals surface area contributed by atoms with Gasteiger partial charge in [-0.15, -0.1) is 0 Å². The molecular weight excluding hydrogens is 274 g/mol. The first-order chi connectivity index (χ1) is 9.61. The van der Waals surface area contributed by atoms with Gasteiger partial charge in [0.05, 0.1) is 5.92 Å². The predicted octanol–water partition coefficient (Wildman–Crippen LogP) is 2.49. The van der Waals surface area contributed by atoms with Gasteiger partial charge in [0.25, 0.3) is 5.91 Å². The van der Waals surface area contributed by atoms with Crippen LogP contribution >= 0.6 is 11.8 Å². The average molecular weight is 293 g/mol. The van der Waals surface area contributed by atoms with E-state index in [1.54, 1.807) is 22.7 Å². The lowest BCUT2D eigenvalue weighted by Crippen LogP contribution is -2.42. The third kappa shape index (κ3) is 3.54. The lowest BCUT2D eigenvalue weighted by molar-refractivity contribution is -0.143. The third-order valence-corrected chi connectivity index (χ3v) is 4.16. The van der Waals surface area contributed by atoms with Gasteiger partial charge < -0.3 is 10.0 Å². The minimum Gasteiger partial charge on any atom is -0.481 e. The van der Waals surface area contributed by atoms with Crippen LogP contribution in [-0.4, -0.2) is 41.2 Å². The highest BCUT2D eigenvalue weighted by molar-refractivity contribution is 7.97. The molecule has 1 saturated heterocycles. The molecule has 1 aromatic carbocycles. The van der Waals surface area contributed by atoms with Crippen molar-refractivity contribution >= 4 is 23.6 Å². The van der Waals surface area contributed by atoms with E-state index in [0.717, 1.165) is 17.7 Å². The SMILES string of the molecule is CSCc1cccc(C(=O)N2CCC[C@H](C(=O)O)C2)c1. The van der Waals surface area contributed by atoms with Crippen molar-refractivity contribution in [3.05, 3.63) is 35.4 Å². The number of benzene rings is 1. The van der Waals surface area contributed by atoms with Gasteiger partial charge in [-0.05, 0) is 36.8 Å². The molecule has 0 aliphatic carbocycles. The number of likely N-dealkylation sites (tertiary alicyclic amines) is 1. The van der Waals surface area contributed by atoms with Crippen molar-refractivity contribution in [1.29, 1.82) is 0 Å². The standard InChI is InChI=1S/C15H19NO3S/c1-20-10-11-4-2-5-12(8-11)14(17)16-7-3-6-13(9-16)15(18)19/h2,4-5,8,13H,3,6-7,9-10H2,1H3,(H,18,19)/t13-/m0/s1. The lowest BCUT2D eigenvalue weighted by Gasteiger charge is -2.30. The van der Waals surface area contributed by atoms with Gasteiger partial charge >= 0.3 is 5.97 Å². The highest BCUT2D eigenvalue weighted by Crippen LogP contribution is 2.20. The van der Waals surface area contributed by atoms with Crippen LogP contribution in [0.3, 0.4) is 0 Å². The molecule has 1 atom stereocenters. The zero-order valence-electron chi connectivity index (χ0n) is 11.5. The number of carbonyl (C=O) groups is 2. The van der Waals surface area contributed by atoms with Crippen LogP contribution in [-0.2, 0) is 10.5 Å². The number of rotatable bonds is 4. The average Bonchev–Trinajstić information content (AvgIpc) is 2.47. The van der Waals surface area contributed by atoms with E-state index in [0.29, 0.717) is 25.1 Å². The largest absolute Gasteiger partial charge is 0.481 e. The van der Waals surface area contributed by atoms with Crippen LogP contribution in [0.5, 0.6) is 0 Å². The van der Waals surface area contributed by atoms with E-state index in [2.05, 4.69) is 0 Å². The van der Waals surface area contributed by atoms with Crippen LogP contribution < -0.4 is 0 Å². The number of piperidine rings is 1. The smallest absolute Gasteiger partial charge is 0.308 e. The molecule has 0 bridgehead atoms. The summed E-state index contributed by atoms with van der Waals surface area (Å²) in [5.74, 6) is -0.418. The topological polar surface area (TPSA) is 57.6 Å². The summed E-state index contributed by atoms with van der Waals surface area (Å²) in [5, 5.41) is 9.08. The van der Waals surface area contributed by atoms with Crippen molar-refractivity contribution in [2.45, 2.75) is 18.6 Å². The van der Waals surface area contributed by atoms with Crippen molar-refractivity contribution in [2.24, 2.45) is 5.92 Å². The molecule has 0 aromatic heterocycles. The van der Waals surface area contributed by atoms with Gasteiger partial charge in [0.2, 0.25) is 0 Å². The van der Waals surface area contributed by atoms with Gasteiger partial charge in [0.1, 0.15) is 0 Å². The molecule has 0 radical (unpaired) electrons. The number of carboxylic acid groups (broad SMARTS) is 1. The molecule has 0 unspecified atom stereocenters. The normalized spacial score (nSPS) is 18.9. The molecule has 1 heterocycles. The Morgan fingerprint density at radius 2 is 2.25 bits per heavy atom. The molecule has 2 rings (SSSR count). The summed E-state index contributed by atoms with van der Waals surface area (Å²) >= 11 is 1.71. The number of amides is 1. The second kappa shape index (κ2) is 6.79. The summed E-state index contributed by atoms with van der Waals surface area (Å²) in [7, 11) is 0. The van der Waals surface area contributed by atoms with Crippen LogP contribution in [0.1, 0.15) is 28.8 Å². The van der Waals surface area contributed by atoms with Gasteiger partial charge in [-0.3, -0.25) is 9.59 Å². The molecule has 20 heavy (non-hydrogen) atoms. The molecule has 0 spiro atoms. The maximum Gasteiger partial charge on any atom is 0.308 e. The first-order valence-corrected chi connectivity index (χ1v) is 8.11. The quantitative estimate of drug-likeness (QED) is 0.926. The summed E-state index contributed by atoms with van der Waals surface area (Å²) in [6.45, 7) is 0.969. The molecule has 1 aliphatic rings. The molecule has 4 nitrogen and oxygen atoms in total. The first-order valence-electron chi connectivity index (χ1n) is 6.71. The van der Waals surface area contributed by atoms with E-state index in [-0.39, 0.29) is 5.91 Å². The minimum atomic E-state index is -0.807. The monoisotopic (exact) mass is 293 g/mol. The van der Waals surface area contributed by atoms with Gasteiger partial charge in [-0.25, -0.2) is 0 Å². The molecule has 1 N–H and O–H groups in total. The Kier molecular flexibility index (Phi) is 5.06. The summed E-state index contributed by atoms with van der Waals surface area (Å²) in [6, 6.07) is 7.60. The maximum atomic E-state index is 12.5. The fourth-order valence-corrected chi connectivity index (χ4v) is 3.02. The Labute approximate surface area is 123 Å². The van der Waals surface area contributed by atoms with Crippen molar-refractivity contribution in [1.82, 2.24) is 4.90 Å². The fraction of sp³-hybridized carbons (Fsp3) is 0.467. The van der Waals surface area contributed by atoms with Crippen LogP contribution in [0.4, 0.5) is 0 Å². The van der Waals surface area contributed by atoms with E-state index >= 15 is 0 Å². The number of carbonyl (C=O) groups excluding carboxylic acids is 1. The number of nitrogens with zero attached hydrogens (tertiary/aromatic N) is 1. The zero-order valence-corrected chi connectivity index (χ0v) is 12.4. The van der Waals surface area contributed by atoms with E-state index < -0.39 is 11.9 Å². The van der Waals surface area contributed by atoms with Crippen LogP contribution in [0.25, 0.3) is 0 Å². The summed E-state index contributed by atoms with van der Waals surface area (Å²) in [4.78, 5) is 25.2. The fourth-order valence-electron chi connectivity index (χ4n) is 2.51. The Balaban J connectivity index is 2.10. The lowest BCUT2D eigenvalue weighted by atomic mass is 9.97. The van der Waals surface area contributed by atoms with Crippen molar-refractivity contribution in [3.8, 4) is 0 Å². The number of hydrogen-bond acceptors (Lipinski definition) is 3. The van der Waals surface area contributed by atoms with Crippen molar-refractivity contribution in [2.75, 3.05) is 19.3 Å². The first kappa shape index (κ1) is 14.9. The number of thioether (sulfide) groups is 1. The van der Waals surface area contributed by atoms with Gasteiger partial charge in [-0.1, -0.05) is 12.1 Å². The van der Waals surface area contributed by atoms with Crippen LogP contribution in [0, 0.1) is 5.92 Å². The number of hydrogen-bond donors (Lipinski definition) is 1. The molecular formula is C15H19NO3S. The molecule has 108 valence electrons. The van der Waals surface area contributed by atoms with Crippen molar-refractivity contribution < 1.29 is 14.7 Å². The molecule has 1 aliphatic heterocycles. The summed E-state index contributed by atoms with van der Waals surface area (Å²) in [5.41, 5.74) is 1.78. The van der Waals surface area contributed by atoms with E-state index in [1.165, 1.54) is 0 Å². The summed E-state index contributed by atoms with van der Waals surface area (Å²) in [6.07, 6.45) is 3.44. The van der Waals surface area contributed by atoms with Gasteiger partial charge in [0.15, 0.2) is 0 Å². The van der Waals surface area contributed by atoms with Gasteiger partial charge in [0, 0.05) is 24.4 Å². The molecule has 1 aromatic rings. The van der Waals surface area contributed by atoms with E-state index in [1.807, 2.05) is 24.5 Å². The highest BCUT2D eigenvalue weighted by Gasteiger charge is 2.28. The maximum absolute atomic E-state index is 12.5. The second-order valence-electron chi connectivity index (χ2n) is 5.06. The molecule has 1 amide bonds. The van der Waals surface area contributed by atoms with Crippen LogP contribution in [0.15, 0.2) is 24.3 Å². The van der Waals surface area contributed by atoms with E-state index in [4.69, 9.17) is 5.11 Å².